The first-order chi connectivity index (χ1) is 8.63. The summed E-state index contributed by atoms with van der Waals surface area (Å²) in [5.41, 5.74) is 1.01. The van der Waals surface area contributed by atoms with Crippen molar-refractivity contribution in [2.75, 3.05) is 12.4 Å². The summed E-state index contributed by atoms with van der Waals surface area (Å²) in [5, 5.41) is 4.27. The smallest absolute Gasteiger partial charge is 0.129 e. The third kappa shape index (κ3) is 2.38. The van der Waals surface area contributed by atoms with Gasteiger partial charge < -0.3 is 10.2 Å². The van der Waals surface area contributed by atoms with Crippen LogP contribution in [0.5, 0.6) is 0 Å². The molecule has 3 nitrogen and oxygen atoms in total. The standard InChI is InChI=1S/C13H17BrClN3/c1-18-10-2-3-11(18)6-9(5-10)17-12-4-8(15)7-16-13(12)14/h4,7,9-11,17H,2-3,5-6H2,1H3. The van der Waals surface area contributed by atoms with Gasteiger partial charge in [0.25, 0.3) is 0 Å². The maximum atomic E-state index is 6.00. The van der Waals surface area contributed by atoms with E-state index < -0.39 is 0 Å². The number of pyridine rings is 1. The molecule has 2 bridgehead atoms. The van der Waals surface area contributed by atoms with E-state index in [1.807, 2.05) is 6.07 Å². The molecular weight excluding hydrogens is 314 g/mol. The van der Waals surface area contributed by atoms with Crippen LogP contribution in [0, 0.1) is 0 Å². The predicted octanol–water partition coefficient (Wildman–Crippen LogP) is 3.53. The van der Waals surface area contributed by atoms with Gasteiger partial charge in [-0.05, 0) is 54.7 Å². The van der Waals surface area contributed by atoms with E-state index in [0.717, 1.165) is 22.4 Å². The van der Waals surface area contributed by atoms with Crippen molar-refractivity contribution in [1.82, 2.24) is 9.88 Å². The molecule has 0 saturated carbocycles. The zero-order valence-corrected chi connectivity index (χ0v) is 12.7. The molecule has 2 aliphatic heterocycles. The first-order valence-corrected chi connectivity index (χ1v) is 7.60. The molecule has 1 N–H and O–H groups in total. The molecule has 0 radical (unpaired) electrons. The van der Waals surface area contributed by atoms with Crippen molar-refractivity contribution in [1.29, 1.82) is 0 Å². The van der Waals surface area contributed by atoms with E-state index in [1.54, 1.807) is 6.20 Å². The van der Waals surface area contributed by atoms with Gasteiger partial charge in [-0.3, -0.25) is 0 Å². The molecule has 0 amide bonds. The Labute approximate surface area is 121 Å². The zero-order valence-electron chi connectivity index (χ0n) is 10.4. The van der Waals surface area contributed by atoms with Gasteiger partial charge >= 0.3 is 0 Å². The highest BCUT2D eigenvalue weighted by molar-refractivity contribution is 9.10. The number of aromatic nitrogens is 1. The van der Waals surface area contributed by atoms with E-state index in [4.69, 9.17) is 11.6 Å². The van der Waals surface area contributed by atoms with Gasteiger partial charge in [-0.2, -0.15) is 0 Å². The SMILES string of the molecule is CN1C2CCC1CC(Nc1cc(Cl)cnc1Br)C2. The predicted molar refractivity (Wildman–Crippen MR) is 78.2 cm³/mol. The molecule has 0 aliphatic carbocycles. The summed E-state index contributed by atoms with van der Waals surface area (Å²) >= 11 is 9.47. The summed E-state index contributed by atoms with van der Waals surface area (Å²) in [6, 6.07) is 3.97. The molecule has 3 heterocycles. The minimum absolute atomic E-state index is 0.537. The lowest BCUT2D eigenvalue weighted by Gasteiger charge is -2.37. The molecule has 1 aromatic heterocycles. The Morgan fingerprint density at radius 2 is 2.06 bits per heavy atom. The number of rotatable bonds is 2. The topological polar surface area (TPSA) is 28.2 Å². The summed E-state index contributed by atoms with van der Waals surface area (Å²) in [7, 11) is 2.26. The van der Waals surface area contributed by atoms with Gasteiger partial charge in [-0.1, -0.05) is 11.6 Å². The molecule has 5 heteroatoms. The Balaban J connectivity index is 1.72. The van der Waals surface area contributed by atoms with Crippen LogP contribution in [0.2, 0.25) is 5.02 Å². The fraction of sp³-hybridized carbons (Fsp3) is 0.615. The molecule has 2 unspecified atom stereocenters. The van der Waals surface area contributed by atoms with Crippen LogP contribution in [0.1, 0.15) is 25.7 Å². The average molecular weight is 331 g/mol. The Morgan fingerprint density at radius 3 is 2.72 bits per heavy atom. The molecule has 0 spiro atoms. The first kappa shape index (κ1) is 12.7. The molecule has 3 rings (SSSR count). The number of fused-ring (bicyclic) bond motifs is 2. The highest BCUT2D eigenvalue weighted by Crippen LogP contribution is 2.36. The van der Waals surface area contributed by atoms with Gasteiger partial charge in [0.2, 0.25) is 0 Å². The molecular formula is C13H17BrClN3. The van der Waals surface area contributed by atoms with Crippen molar-refractivity contribution in [2.45, 2.75) is 43.8 Å². The molecule has 0 aromatic carbocycles. The lowest BCUT2D eigenvalue weighted by molar-refractivity contribution is 0.169. The van der Waals surface area contributed by atoms with Gasteiger partial charge in [-0.25, -0.2) is 4.98 Å². The van der Waals surface area contributed by atoms with Gasteiger partial charge in [-0.15, -0.1) is 0 Å². The van der Waals surface area contributed by atoms with Crippen molar-refractivity contribution in [3.8, 4) is 0 Å². The Morgan fingerprint density at radius 1 is 1.39 bits per heavy atom. The van der Waals surface area contributed by atoms with Gasteiger partial charge in [0.15, 0.2) is 0 Å². The molecule has 2 saturated heterocycles. The maximum absolute atomic E-state index is 6.00. The van der Waals surface area contributed by atoms with Crippen LogP contribution in [-0.4, -0.2) is 35.1 Å². The van der Waals surface area contributed by atoms with Gasteiger partial charge in [0.05, 0.1) is 10.7 Å². The van der Waals surface area contributed by atoms with E-state index in [0.29, 0.717) is 11.1 Å². The molecule has 18 heavy (non-hydrogen) atoms. The first-order valence-electron chi connectivity index (χ1n) is 6.43. The molecule has 1 aromatic rings. The van der Waals surface area contributed by atoms with E-state index in [9.17, 15) is 0 Å². The monoisotopic (exact) mass is 329 g/mol. The largest absolute Gasteiger partial charge is 0.380 e. The second kappa shape index (κ2) is 4.99. The highest BCUT2D eigenvalue weighted by atomic mass is 79.9. The zero-order chi connectivity index (χ0) is 12.7. The Bertz CT molecular complexity index is 440. The number of hydrogen-bond donors (Lipinski definition) is 1. The number of piperidine rings is 1. The summed E-state index contributed by atoms with van der Waals surface area (Å²) in [6.45, 7) is 0. The minimum Gasteiger partial charge on any atom is -0.380 e. The number of nitrogens with one attached hydrogen (secondary N) is 1. The van der Waals surface area contributed by atoms with Crippen LogP contribution in [0.15, 0.2) is 16.9 Å². The normalized spacial score (nSPS) is 31.6. The second-order valence-electron chi connectivity index (χ2n) is 5.36. The quantitative estimate of drug-likeness (QED) is 0.841. The van der Waals surface area contributed by atoms with E-state index in [1.165, 1.54) is 25.7 Å². The third-order valence-corrected chi connectivity index (χ3v) is 5.10. The van der Waals surface area contributed by atoms with E-state index in [-0.39, 0.29) is 0 Å². The fourth-order valence-electron chi connectivity index (χ4n) is 3.27. The van der Waals surface area contributed by atoms with Gasteiger partial charge in [0.1, 0.15) is 4.60 Å². The van der Waals surface area contributed by atoms with E-state index >= 15 is 0 Å². The van der Waals surface area contributed by atoms with Crippen LogP contribution < -0.4 is 5.32 Å². The second-order valence-corrected chi connectivity index (χ2v) is 6.54. The van der Waals surface area contributed by atoms with Crippen molar-refractivity contribution < 1.29 is 0 Å². The lowest BCUT2D eigenvalue weighted by atomic mass is 9.98. The van der Waals surface area contributed by atoms with Crippen molar-refractivity contribution in [2.24, 2.45) is 0 Å². The number of halogens is 2. The van der Waals surface area contributed by atoms with Gasteiger partial charge in [0, 0.05) is 24.3 Å². The van der Waals surface area contributed by atoms with Crippen LogP contribution in [0.25, 0.3) is 0 Å². The van der Waals surface area contributed by atoms with Crippen molar-refractivity contribution >= 4 is 33.2 Å². The van der Waals surface area contributed by atoms with Crippen molar-refractivity contribution in [3.63, 3.8) is 0 Å². The lowest BCUT2D eigenvalue weighted by Crippen LogP contribution is -2.44. The van der Waals surface area contributed by atoms with E-state index in [2.05, 4.69) is 38.2 Å². The number of hydrogen-bond acceptors (Lipinski definition) is 3. The summed E-state index contributed by atoms with van der Waals surface area (Å²) in [4.78, 5) is 6.77. The van der Waals surface area contributed by atoms with Crippen LogP contribution >= 0.6 is 27.5 Å². The fourth-order valence-corrected chi connectivity index (χ4v) is 3.76. The van der Waals surface area contributed by atoms with Crippen LogP contribution in [-0.2, 0) is 0 Å². The highest BCUT2D eigenvalue weighted by Gasteiger charge is 2.38. The maximum Gasteiger partial charge on any atom is 0.129 e. The molecule has 2 fully saturated rings. The molecule has 98 valence electrons. The number of nitrogens with zero attached hydrogens (tertiary/aromatic N) is 2. The average Bonchev–Trinajstić information content (AvgIpc) is 2.58. The minimum atomic E-state index is 0.537. The summed E-state index contributed by atoms with van der Waals surface area (Å²) < 4.78 is 0.846. The van der Waals surface area contributed by atoms with Crippen LogP contribution in [0.3, 0.4) is 0 Å². The molecule has 2 aliphatic rings. The summed E-state index contributed by atoms with van der Waals surface area (Å²) in [6.07, 6.45) is 6.77. The van der Waals surface area contributed by atoms with Crippen LogP contribution in [0.4, 0.5) is 5.69 Å². The van der Waals surface area contributed by atoms with Crippen molar-refractivity contribution in [3.05, 3.63) is 21.9 Å². The molecule has 2 atom stereocenters. The number of anilines is 1. The Kier molecular flexibility index (Phi) is 3.52. The third-order valence-electron chi connectivity index (χ3n) is 4.26. The Hall–Kier alpha value is -0.320. The summed E-state index contributed by atoms with van der Waals surface area (Å²) in [5.74, 6) is 0.